The van der Waals surface area contributed by atoms with Crippen molar-refractivity contribution in [2.45, 2.75) is 51.5 Å². The molecule has 2 rings (SSSR count). The molecule has 1 saturated carbocycles. The van der Waals surface area contributed by atoms with Crippen LogP contribution in [0.15, 0.2) is 47.9 Å². The Balaban J connectivity index is 2.43. The third kappa shape index (κ3) is 3.78. The Hall–Kier alpha value is -2.09. The highest BCUT2D eigenvalue weighted by Crippen LogP contribution is 2.47. The van der Waals surface area contributed by atoms with Crippen LogP contribution in [0, 0.1) is 12.3 Å². The van der Waals surface area contributed by atoms with Crippen LogP contribution < -0.4 is 10.6 Å². The molecular weight excluding hydrogens is 306 g/mol. The molecule has 1 atom stereocenters. The van der Waals surface area contributed by atoms with E-state index in [0.717, 1.165) is 30.7 Å². The third-order valence-electron chi connectivity index (χ3n) is 5.39. The SMILES string of the molecule is C=C=C(NC1(c2ccc(C)c(C(C)(C=N)CNC)c2)CC1)/C(C)=C/C. The lowest BCUT2D eigenvalue weighted by Gasteiger charge is -2.29. The molecule has 134 valence electrons. The Bertz CT molecular complexity index is 734. The van der Waals surface area contributed by atoms with Crippen LogP contribution in [-0.4, -0.2) is 19.8 Å². The minimum absolute atomic E-state index is 0.0324. The number of aryl methyl sites for hydroxylation is 1. The number of hydrogen-bond donors (Lipinski definition) is 3. The van der Waals surface area contributed by atoms with Gasteiger partial charge in [-0.3, -0.25) is 0 Å². The first-order chi connectivity index (χ1) is 11.9. The zero-order valence-electron chi connectivity index (χ0n) is 16.2. The first-order valence-corrected chi connectivity index (χ1v) is 8.95. The molecule has 0 saturated heterocycles. The van der Waals surface area contributed by atoms with Crippen LogP contribution in [0.3, 0.4) is 0 Å². The van der Waals surface area contributed by atoms with Crippen molar-refractivity contribution in [1.29, 1.82) is 5.41 Å². The summed E-state index contributed by atoms with van der Waals surface area (Å²) in [5, 5.41) is 14.8. The highest BCUT2D eigenvalue weighted by atomic mass is 15.0. The van der Waals surface area contributed by atoms with Gasteiger partial charge in [0, 0.05) is 18.2 Å². The number of benzene rings is 1. The third-order valence-corrected chi connectivity index (χ3v) is 5.39. The van der Waals surface area contributed by atoms with Gasteiger partial charge in [0.1, 0.15) is 0 Å². The zero-order valence-corrected chi connectivity index (χ0v) is 16.2. The second-order valence-electron chi connectivity index (χ2n) is 7.35. The molecule has 0 aromatic heterocycles. The lowest BCUT2D eigenvalue weighted by Crippen LogP contribution is -2.36. The van der Waals surface area contributed by atoms with E-state index < -0.39 is 0 Å². The summed E-state index contributed by atoms with van der Waals surface area (Å²) in [6.45, 7) is 12.9. The Morgan fingerprint density at radius 3 is 2.60 bits per heavy atom. The van der Waals surface area contributed by atoms with E-state index in [-0.39, 0.29) is 11.0 Å². The van der Waals surface area contributed by atoms with Gasteiger partial charge in [-0.2, -0.15) is 0 Å². The lowest BCUT2D eigenvalue weighted by atomic mass is 9.79. The fourth-order valence-electron chi connectivity index (χ4n) is 3.40. The van der Waals surface area contributed by atoms with Gasteiger partial charge in [0.05, 0.1) is 11.2 Å². The van der Waals surface area contributed by atoms with Gasteiger partial charge in [0.15, 0.2) is 0 Å². The largest absolute Gasteiger partial charge is 0.369 e. The van der Waals surface area contributed by atoms with Gasteiger partial charge in [0.2, 0.25) is 0 Å². The maximum atomic E-state index is 7.95. The minimum Gasteiger partial charge on any atom is -0.369 e. The molecule has 3 nitrogen and oxygen atoms in total. The quantitative estimate of drug-likeness (QED) is 0.375. The Morgan fingerprint density at radius 2 is 2.12 bits per heavy atom. The molecule has 0 bridgehead atoms. The van der Waals surface area contributed by atoms with Crippen molar-refractivity contribution in [3.05, 3.63) is 64.5 Å². The summed E-state index contributed by atoms with van der Waals surface area (Å²) in [5.74, 6) is 0. The van der Waals surface area contributed by atoms with Crippen LogP contribution in [-0.2, 0) is 11.0 Å². The maximum absolute atomic E-state index is 7.95. The molecule has 0 amide bonds. The van der Waals surface area contributed by atoms with Crippen LogP contribution >= 0.6 is 0 Å². The highest BCUT2D eigenvalue weighted by Gasteiger charge is 2.45. The average molecular weight is 338 g/mol. The molecule has 25 heavy (non-hydrogen) atoms. The van der Waals surface area contributed by atoms with Gasteiger partial charge in [0.25, 0.3) is 0 Å². The molecule has 1 aliphatic rings. The van der Waals surface area contributed by atoms with Gasteiger partial charge in [-0.15, -0.1) is 5.73 Å². The molecule has 1 unspecified atom stereocenters. The van der Waals surface area contributed by atoms with E-state index in [2.05, 4.69) is 68.0 Å². The predicted molar refractivity (Wildman–Crippen MR) is 107 cm³/mol. The molecule has 1 fully saturated rings. The summed E-state index contributed by atoms with van der Waals surface area (Å²) in [6, 6.07) is 6.68. The topological polar surface area (TPSA) is 47.9 Å². The van der Waals surface area contributed by atoms with Gasteiger partial charge >= 0.3 is 0 Å². The fraction of sp³-hybridized carbons (Fsp3) is 0.455. The van der Waals surface area contributed by atoms with Crippen LogP contribution in [0.2, 0.25) is 0 Å². The Labute approximate surface area is 152 Å². The Kier molecular flexibility index (Phi) is 5.72. The second-order valence-corrected chi connectivity index (χ2v) is 7.35. The highest BCUT2D eigenvalue weighted by molar-refractivity contribution is 5.72. The van der Waals surface area contributed by atoms with E-state index in [4.69, 9.17) is 5.41 Å². The second kappa shape index (κ2) is 7.43. The number of likely N-dealkylation sites (N-methyl/N-ethyl adjacent to an activating group) is 1. The normalized spacial score (nSPS) is 18.0. The number of allylic oxidation sites excluding steroid dienone is 2. The van der Waals surface area contributed by atoms with Crippen LogP contribution in [0.1, 0.15) is 50.3 Å². The van der Waals surface area contributed by atoms with E-state index in [0.29, 0.717) is 0 Å². The van der Waals surface area contributed by atoms with Crippen molar-refractivity contribution in [1.82, 2.24) is 10.6 Å². The molecule has 3 N–H and O–H groups in total. The average Bonchev–Trinajstić information content (AvgIpc) is 3.40. The number of rotatable bonds is 8. The van der Waals surface area contributed by atoms with Crippen LogP contribution in [0.4, 0.5) is 0 Å². The Morgan fingerprint density at radius 1 is 1.44 bits per heavy atom. The van der Waals surface area contributed by atoms with Crippen molar-refractivity contribution in [3.8, 4) is 0 Å². The summed E-state index contributed by atoms with van der Waals surface area (Å²) < 4.78 is 0. The fourth-order valence-corrected chi connectivity index (χ4v) is 3.40. The molecule has 3 heteroatoms. The molecule has 1 aromatic carbocycles. The summed E-state index contributed by atoms with van der Waals surface area (Å²) in [6.07, 6.45) is 5.84. The van der Waals surface area contributed by atoms with E-state index in [1.807, 2.05) is 14.0 Å². The zero-order chi connectivity index (χ0) is 18.7. The van der Waals surface area contributed by atoms with Gasteiger partial charge in [-0.05, 0) is 69.8 Å². The standard InChI is InChI=1S/C22H31N3/c1-7-16(3)20(8-2)25-22(11-12-22)18-10-9-17(4)19(13-18)21(5,14-23)15-24-6/h7,9-10,13-14,23-25H,2,11-12,15H2,1,3-6H3/b16-7+,23-14?. The van der Waals surface area contributed by atoms with Crippen molar-refractivity contribution in [2.75, 3.05) is 13.6 Å². The molecule has 1 aromatic rings. The molecular formula is C22H31N3. The monoisotopic (exact) mass is 337 g/mol. The van der Waals surface area contributed by atoms with Crippen molar-refractivity contribution >= 4 is 6.21 Å². The van der Waals surface area contributed by atoms with E-state index in [1.165, 1.54) is 16.7 Å². The number of hydrogen-bond acceptors (Lipinski definition) is 3. The van der Waals surface area contributed by atoms with Gasteiger partial charge < -0.3 is 16.0 Å². The molecule has 1 aliphatic carbocycles. The van der Waals surface area contributed by atoms with Gasteiger partial charge in [-0.25, -0.2) is 0 Å². The predicted octanol–water partition coefficient (Wildman–Crippen LogP) is 4.34. The molecule has 0 heterocycles. The molecule has 0 aliphatic heterocycles. The van der Waals surface area contributed by atoms with Crippen molar-refractivity contribution in [2.24, 2.45) is 0 Å². The van der Waals surface area contributed by atoms with Crippen LogP contribution in [0.5, 0.6) is 0 Å². The summed E-state index contributed by atoms with van der Waals surface area (Å²) in [5.41, 5.74) is 8.58. The maximum Gasteiger partial charge on any atom is 0.0800 e. The van der Waals surface area contributed by atoms with Crippen molar-refractivity contribution in [3.63, 3.8) is 0 Å². The minimum atomic E-state index is -0.304. The van der Waals surface area contributed by atoms with Gasteiger partial charge in [-0.1, -0.05) is 30.9 Å². The smallest absolute Gasteiger partial charge is 0.0800 e. The van der Waals surface area contributed by atoms with Crippen molar-refractivity contribution < 1.29 is 0 Å². The molecule has 0 radical (unpaired) electrons. The summed E-state index contributed by atoms with van der Waals surface area (Å²) in [4.78, 5) is 0. The van der Waals surface area contributed by atoms with E-state index >= 15 is 0 Å². The van der Waals surface area contributed by atoms with E-state index in [1.54, 1.807) is 6.21 Å². The first-order valence-electron chi connectivity index (χ1n) is 8.95. The van der Waals surface area contributed by atoms with E-state index in [9.17, 15) is 0 Å². The summed E-state index contributed by atoms with van der Waals surface area (Å²) >= 11 is 0. The molecule has 0 spiro atoms. The number of nitrogens with one attached hydrogen (secondary N) is 3. The van der Waals surface area contributed by atoms with Crippen LogP contribution in [0.25, 0.3) is 0 Å². The first kappa shape index (κ1) is 19.2. The lowest BCUT2D eigenvalue weighted by molar-refractivity contribution is 0.574. The summed E-state index contributed by atoms with van der Waals surface area (Å²) in [7, 11) is 1.94.